The second kappa shape index (κ2) is 6.91. The van der Waals surface area contributed by atoms with Crippen LogP contribution in [-0.2, 0) is 4.74 Å². The first-order chi connectivity index (χ1) is 7.79. The molecule has 0 N–H and O–H groups in total. The van der Waals surface area contributed by atoms with E-state index in [4.69, 9.17) is 10.00 Å². The van der Waals surface area contributed by atoms with Gasteiger partial charge in [-0.05, 0) is 18.6 Å². The molecule has 3 nitrogen and oxygen atoms in total. The Labute approximate surface area is 99.4 Å². The number of hydrogen-bond acceptors (Lipinski definition) is 4. The number of rotatable bonds is 5. The number of carbonyl (C=O) groups is 1. The normalized spacial score (nSPS) is 9.50. The van der Waals surface area contributed by atoms with E-state index in [1.807, 2.05) is 25.1 Å². The van der Waals surface area contributed by atoms with E-state index in [0.29, 0.717) is 17.9 Å². The summed E-state index contributed by atoms with van der Waals surface area (Å²) in [5.74, 6) is 0.0147. The Morgan fingerprint density at radius 2 is 2.25 bits per heavy atom. The summed E-state index contributed by atoms with van der Waals surface area (Å²) < 4.78 is 5.06. The summed E-state index contributed by atoms with van der Waals surface area (Å²) in [6.07, 6.45) is 0.805. The molecule has 0 atom stereocenters. The van der Waals surface area contributed by atoms with Gasteiger partial charge in [0.15, 0.2) is 0 Å². The van der Waals surface area contributed by atoms with Gasteiger partial charge in [-0.1, -0.05) is 19.1 Å². The fraction of sp³-hybridized carbons (Fsp3) is 0.333. The smallest absolute Gasteiger partial charge is 0.339 e. The van der Waals surface area contributed by atoms with Crippen molar-refractivity contribution in [1.82, 2.24) is 0 Å². The minimum atomic E-state index is -0.317. The predicted molar refractivity (Wildman–Crippen MR) is 63.4 cm³/mol. The van der Waals surface area contributed by atoms with Gasteiger partial charge in [0.1, 0.15) is 0 Å². The number of thioether (sulfide) groups is 1. The zero-order chi connectivity index (χ0) is 11.8. The lowest BCUT2D eigenvalue weighted by molar-refractivity contribution is 0.0501. The minimum Gasteiger partial charge on any atom is -0.462 e. The van der Waals surface area contributed by atoms with E-state index in [9.17, 15) is 4.79 Å². The summed E-state index contributed by atoms with van der Waals surface area (Å²) in [4.78, 5) is 12.5. The molecule has 0 saturated carbocycles. The second-order valence-electron chi connectivity index (χ2n) is 3.08. The topological polar surface area (TPSA) is 50.1 Å². The van der Waals surface area contributed by atoms with Gasteiger partial charge >= 0.3 is 5.97 Å². The Morgan fingerprint density at radius 3 is 2.94 bits per heavy atom. The fourth-order valence-corrected chi connectivity index (χ4v) is 1.85. The van der Waals surface area contributed by atoms with Crippen LogP contribution in [-0.4, -0.2) is 18.3 Å². The number of esters is 1. The first-order valence-electron chi connectivity index (χ1n) is 5.05. The van der Waals surface area contributed by atoms with E-state index in [0.717, 1.165) is 11.3 Å². The summed E-state index contributed by atoms with van der Waals surface area (Å²) in [7, 11) is 0. The molecule has 0 bridgehead atoms. The van der Waals surface area contributed by atoms with Gasteiger partial charge in [-0.2, -0.15) is 5.26 Å². The largest absolute Gasteiger partial charge is 0.462 e. The second-order valence-corrected chi connectivity index (χ2v) is 4.10. The molecule has 4 heteroatoms. The van der Waals surface area contributed by atoms with Crippen LogP contribution in [0.4, 0.5) is 0 Å². The van der Waals surface area contributed by atoms with E-state index >= 15 is 0 Å². The summed E-state index contributed by atoms with van der Waals surface area (Å²) in [6, 6.07) is 9.21. The van der Waals surface area contributed by atoms with Crippen LogP contribution in [0.3, 0.4) is 0 Å². The van der Waals surface area contributed by atoms with Crippen molar-refractivity contribution in [2.45, 2.75) is 18.2 Å². The van der Waals surface area contributed by atoms with Crippen LogP contribution in [0.5, 0.6) is 0 Å². The van der Waals surface area contributed by atoms with Gasteiger partial charge in [0.25, 0.3) is 0 Å². The number of hydrogen-bond donors (Lipinski definition) is 0. The van der Waals surface area contributed by atoms with Crippen LogP contribution < -0.4 is 0 Å². The monoisotopic (exact) mass is 235 g/mol. The summed E-state index contributed by atoms with van der Waals surface area (Å²) in [5, 5.41) is 8.51. The van der Waals surface area contributed by atoms with Gasteiger partial charge in [-0.3, -0.25) is 0 Å². The lowest BCUT2D eigenvalue weighted by atomic mass is 10.2. The van der Waals surface area contributed by atoms with E-state index in [1.165, 1.54) is 11.8 Å². The Hall–Kier alpha value is -1.47. The quantitative estimate of drug-likeness (QED) is 0.581. The summed E-state index contributed by atoms with van der Waals surface area (Å²) >= 11 is 1.35. The third kappa shape index (κ3) is 3.59. The maximum Gasteiger partial charge on any atom is 0.339 e. The number of nitrogens with zero attached hydrogens (tertiary/aromatic N) is 1. The van der Waals surface area contributed by atoms with E-state index in [-0.39, 0.29) is 5.97 Å². The number of nitriles is 1. The van der Waals surface area contributed by atoms with Gasteiger partial charge in [0.2, 0.25) is 0 Å². The van der Waals surface area contributed by atoms with Crippen LogP contribution in [0.15, 0.2) is 29.2 Å². The summed E-state index contributed by atoms with van der Waals surface area (Å²) in [5.41, 5.74) is 0.538. The Morgan fingerprint density at radius 1 is 1.50 bits per heavy atom. The van der Waals surface area contributed by atoms with Crippen molar-refractivity contribution in [3.8, 4) is 6.07 Å². The van der Waals surface area contributed by atoms with Gasteiger partial charge in [-0.15, -0.1) is 11.8 Å². The number of ether oxygens (including phenoxy) is 1. The SMILES string of the molecule is CCCOC(=O)c1ccccc1SCC#N. The van der Waals surface area contributed by atoms with Gasteiger partial charge in [0.05, 0.1) is 24.0 Å². The molecule has 0 aromatic heterocycles. The van der Waals surface area contributed by atoms with Crippen molar-refractivity contribution in [2.24, 2.45) is 0 Å². The van der Waals surface area contributed by atoms with E-state index in [2.05, 4.69) is 0 Å². The molecule has 0 fully saturated rings. The maximum atomic E-state index is 11.7. The molecule has 0 saturated heterocycles. The average molecular weight is 235 g/mol. The van der Waals surface area contributed by atoms with E-state index < -0.39 is 0 Å². The van der Waals surface area contributed by atoms with Crippen molar-refractivity contribution in [1.29, 1.82) is 5.26 Å². The first-order valence-corrected chi connectivity index (χ1v) is 6.04. The molecule has 0 aliphatic carbocycles. The average Bonchev–Trinajstić information content (AvgIpc) is 2.33. The molecule has 1 aromatic rings. The van der Waals surface area contributed by atoms with Crippen LogP contribution in [0, 0.1) is 11.3 Å². The van der Waals surface area contributed by atoms with Gasteiger partial charge in [-0.25, -0.2) is 4.79 Å². The molecule has 0 aliphatic heterocycles. The number of benzene rings is 1. The van der Waals surface area contributed by atoms with Gasteiger partial charge < -0.3 is 4.74 Å². The van der Waals surface area contributed by atoms with Crippen molar-refractivity contribution >= 4 is 17.7 Å². The Bertz CT molecular complexity index is 398. The van der Waals surface area contributed by atoms with Crippen molar-refractivity contribution in [3.05, 3.63) is 29.8 Å². The molecule has 1 aromatic carbocycles. The zero-order valence-electron chi connectivity index (χ0n) is 9.10. The van der Waals surface area contributed by atoms with E-state index in [1.54, 1.807) is 12.1 Å². The lowest BCUT2D eigenvalue weighted by Crippen LogP contribution is -2.07. The highest BCUT2D eigenvalue weighted by Gasteiger charge is 2.11. The highest BCUT2D eigenvalue weighted by atomic mass is 32.2. The molecular weight excluding hydrogens is 222 g/mol. The van der Waals surface area contributed by atoms with Crippen LogP contribution >= 0.6 is 11.8 Å². The highest BCUT2D eigenvalue weighted by molar-refractivity contribution is 7.99. The molecule has 0 heterocycles. The standard InChI is InChI=1S/C12H13NO2S/c1-2-8-15-12(14)10-5-3-4-6-11(10)16-9-7-13/h3-6H,2,8-9H2,1H3. The molecule has 0 amide bonds. The summed E-state index contributed by atoms with van der Waals surface area (Å²) in [6.45, 7) is 2.37. The molecule has 0 unspecified atom stereocenters. The maximum absolute atomic E-state index is 11.7. The third-order valence-corrected chi connectivity index (χ3v) is 2.78. The predicted octanol–water partition coefficient (Wildman–Crippen LogP) is 2.87. The third-order valence-electron chi connectivity index (χ3n) is 1.84. The Kier molecular flexibility index (Phi) is 5.44. The molecule has 84 valence electrons. The van der Waals surface area contributed by atoms with Crippen LogP contribution in [0.2, 0.25) is 0 Å². The molecular formula is C12H13NO2S. The first kappa shape index (κ1) is 12.6. The molecule has 0 radical (unpaired) electrons. The lowest BCUT2D eigenvalue weighted by Gasteiger charge is -2.07. The zero-order valence-corrected chi connectivity index (χ0v) is 9.92. The van der Waals surface area contributed by atoms with Crippen molar-refractivity contribution in [3.63, 3.8) is 0 Å². The van der Waals surface area contributed by atoms with Crippen molar-refractivity contribution < 1.29 is 9.53 Å². The van der Waals surface area contributed by atoms with Crippen LogP contribution in [0.1, 0.15) is 23.7 Å². The minimum absolute atomic E-state index is 0.317. The van der Waals surface area contributed by atoms with Crippen LogP contribution in [0.25, 0.3) is 0 Å². The highest BCUT2D eigenvalue weighted by Crippen LogP contribution is 2.22. The van der Waals surface area contributed by atoms with Crippen molar-refractivity contribution in [2.75, 3.05) is 12.4 Å². The molecule has 16 heavy (non-hydrogen) atoms. The fourth-order valence-electron chi connectivity index (χ4n) is 1.14. The molecule has 0 aliphatic rings. The molecule has 0 spiro atoms. The van der Waals surface area contributed by atoms with Gasteiger partial charge in [0, 0.05) is 4.90 Å². The Balaban J connectivity index is 2.77. The molecule has 1 rings (SSSR count). The number of carbonyl (C=O) groups excluding carboxylic acids is 1.